The van der Waals surface area contributed by atoms with Crippen molar-refractivity contribution in [3.8, 4) is 17.5 Å². The third-order valence-corrected chi connectivity index (χ3v) is 6.73. The van der Waals surface area contributed by atoms with Crippen LogP contribution in [0.5, 0.6) is 17.5 Å². The Morgan fingerprint density at radius 2 is 1.92 bits per heavy atom. The molecule has 0 aliphatic carbocycles. The second-order valence-corrected chi connectivity index (χ2v) is 9.44. The summed E-state index contributed by atoms with van der Waals surface area (Å²) in [6.45, 7) is 3.91. The van der Waals surface area contributed by atoms with Gasteiger partial charge in [0.2, 0.25) is 11.8 Å². The van der Waals surface area contributed by atoms with Crippen molar-refractivity contribution < 1.29 is 38.5 Å². The van der Waals surface area contributed by atoms with Gasteiger partial charge in [-0.3, -0.25) is 19.3 Å². The van der Waals surface area contributed by atoms with Gasteiger partial charge in [0, 0.05) is 25.9 Å². The summed E-state index contributed by atoms with van der Waals surface area (Å²) in [7, 11) is 0. The Morgan fingerprint density at radius 3 is 2.63 bits per heavy atom. The van der Waals surface area contributed by atoms with Gasteiger partial charge in [-0.2, -0.15) is 0 Å². The second kappa shape index (κ2) is 11.9. The molecule has 2 aliphatic rings. The first-order valence-corrected chi connectivity index (χ1v) is 12.7. The van der Waals surface area contributed by atoms with Gasteiger partial charge in [-0.15, -0.1) is 0 Å². The summed E-state index contributed by atoms with van der Waals surface area (Å²) in [5.74, 6) is -0.144. The van der Waals surface area contributed by atoms with Crippen LogP contribution in [0.2, 0.25) is 0 Å². The van der Waals surface area contributed by atoms with Gasteiger partial charge in [-0.25, -0.2) is 14.8 Å². The molecule has 0 bridgehead atoms. The second-order valence-electron chi connectivity index (χ2n) is 8.44. The maximum absolute atomic E-state index is 12.6. The van der Waals surface area contributed by atoms with E-state index in [0.717, 1.165) is 16.7 Å². The number of hydrogen-bond acceptors (Lipinski definition) is 10. The van der Waals surface area contributed by atoms with Crippen molar-refractivity contribution in [1.82, 2.24) is 19.8 Å². The Hall–Kier alpha value is -4.13. The van der Waals surface area contributed by atoms with E-state index < -0.39 is 29.8 Å². The van der Waals surface area contributed by atoms with Crippen molar-refractivity contribution in [2.45, 2.75) is 32.8 Å². The van der Waals surface area contributed by atoms with Crippen molar-refractivity contribution in [3.05, 3.63) is 46.6 Å². The lowest BCUT2D eigenvalue weighted by atomic mass is 10.1. The highest BCUT2D eigenvalue weighted by atomic mass is 32.2. The average Bonchev–Trinajstić information content (AvgIpc) is 3.14. The predicted molar refractivity (Wildman–Crippen MR) is 136 cm³/mol. The zero-order valence-electron chi connectivity index (χ0n) is 20.8. The molecule has 1 N–H and O–H groups in total. The number of amides is 3. The van der Waals surface area contributed by atoms with Crippen LogP contribution >= 0.6 is 11.8 Å². The molecule has 2 fully saturated rings. The molecule has 3 amide bonds. The van der Waals surface area contributed by atoms with E-state index in [1.165, 1.54) is 11.2 Å². The molecular formula is C25H26N4O8S. The largest absolute Gasteiger partial charge is 0.474 e. The lowest BCUT2D eigenvalue weighted by molar-refractivity contribution is -0.145. The van der Waals surface area contributed by atoms with Crippen LogP contribution in [0.15, 0.2) is 35.5 Å². The fourth-order valence-corrected chi connectivity index (χ4v) is 4.70. The number of carbonyl (C=O) groups is 4. The standard InChI is InChI=1S/C25H26N4O8S/c1-3-35-20(30)13-29-23(31)19(38-25(29)34)12-16-5-4-6-18(11-16)37-22-15(2)21(26-14-27-22)36-17-7-9-28(10-8-17)24(32)33/h4-6,11-12,14,17H,3,7-10,13H2,1-2H3,(H,32,33). The number of thioether (sulfide) groups is 1. The number of ether oxygens (including phenoxy) is 3. The SMILES string of the molecule is CCOC(=O)CN1C(=O)SC(=Cc2cccc(Oc3ncnc(OC4CCN(C(=O)O)CC4)c3C)c2)C1=O. The summed E-state index contributed by atoms with van der Waals surface area (Å²) < 4.78 is 16.8. The molecule has 38 heavy (non-hydrogen) atoms. The number of imide groups is 1. The summed E-state index contributed by atoms with van der Waals surface area (Å²) >= 11 is 0.746. The minimum Gasteiger partial charge on any atom is -0.474 e. The van der Waals surface area contributed by atoms with E-state index in [1.54, 1.807) is 44.2 Å². The maximum atomic E-state index is 12.6. The Labute approximate surface area is 222 Å². The summed E-state index contributed by atoms with van der Waals surface area (Å²) in [5, 5.41) is 8.57. The molecule has 0 unspecified atom stereocenters. The van der Waals surface area contributed by atoms with Gasteiger partial charge in [-0.05, 0) is 49.4 Å². The van der Waals surface area contributed by atoms with E-state index in [9.17, 15) is 19.2 Å². The number of aromatic nitrogens is 2. The van der Waals surface area contributed by atoms with Gasteiger partial charge in [0.25, 0.3) is 11.1 Å². The number of piperidine rings is 1. The number of rotatable bonds is 8. The molecule has 13 heteroatoms. The van der Waals surface area contributed by atoms with Crippen LogP contribution in [0, 0.1) is 6.92 Å². The van der Waals surface area contributed by atoms with Crippen LogP contribution in [-0.2, 0) is 14.3 Å². The number of carbonyl (C=O) groups excluding carboxylic acids is 3. The lowest BCUT2D eigenvalue weighted by Crippen LogP contribution is -2.41. The number of carboxylic acid groups (broad SMARTS) is 1. The van der Waals surface area contributed by atoms with E-state index in [2.05, 4.69) is 9.97 Å². The summed E-state index contributed by atoms with van der Waals surface area (Å²) in [6.07, 6.45) is 2.88. The Morgan fingerprint density at radius 1 is 1.18 bits per heavy atom. The first kappa shape index (κ1) is 26.9. The van der Waals surface area contributed by atoms with Gasteiger partial charge in [0.05, 0.1) is 17.1 Å². The van der Waals surface area contributed by atoms with Gasteiger partial charge < -0.3 is 24.2 Å². The summed E-state index contributed by atoms with van der Waals surface area (Å²) in [6, 6.07) is 6.88. The van der Waals surface area contributed by atoms with Crippen LogP contribution in [0.25, 0.3) is 6.08 Å². The minimum absolute atomic E-state index is 0.156. The Bertz CT molecular complexity index is 1280. The topological polar surface area (TPSA) is 148 Å². The molecule has 12 nitrogen and oxygen atoms in total. The molecule has 4 rings (SSSR count). The fraction of sp³-hybridized carbons (Fsp3) is 0.360. The smallest absolute Gasteiger partial charge is 0.407 e. The molecule has 0 atom stereocenters. The number of esters is 1. The van der Waals surface area contributed by atoms with Gasteiger partial charge >= 0.3 is 12.1 Å². The van der Waals surface area contributed by atoms with E-state index in [0.29, 0.717) is 48.7 Å². The van der Waals surface area contributed by atoms with Crippen molar-refractivity contribution in [3.63, 3.8) is 0 Å². The zero-order valence-corrected chi connectivity index (χ0v) is 21.6. The monoisotopic (exact) mass is 542 g/mol. The quantitative estimate of drug-likeness (QED) is 0.384. The van der Waals surface area contributed by atoms with E-state index in [4.69, 9.17) is 19.3 Å². The third kappa shape index (κ3) is 6.40. The lowest BCUT2D eigenvalue weighted by Gasteiger charge is -2.30. The molecule has 2 saturated heterocycles. The highest BCUT2D eigenvalue weighted by Gasteiger charge is 2.36. The molecule has 1 aromatic carbocycles. The summed E-state index contributed by atoms with van der Waals surface area (Å²) in [4.78, 5) is 58.5. The Balaban J connectivity index is 1.43. The number of likely N-dealkylation sites (tertiary alicyclic amines) is 1. The third-order valence-electron chi connectivity index (χ3n) is 5.82. The maximum Gasteiger partial charge on any atom is 0.407 e. The molecule has 200 valence electrons. The molecule has 0 spiro atoms. The number of nitrogens with zero attached hydrogens (tertiary/aromatic N) is 4. The highest BCUT2D eigenvalue weighted by Crippen LogP contribution is 2.34. The van der Waals surface area contributed by atoms with Crippen molar-refractivity contribution in [1.29, 1.82) is 0 Å². The van der Waals surface area contributed by atoms with Crippen molar-refractivity contribution >= 4 is 41.0 Å². The Kier molecular flexibility index (Phi) is 8.46. The molecular weight excluding hydrogens is 516 g/mol. The highest BCUT2D eigenvalue weighted by molar-refractivity contribution is 8.18. The van der Waals surface area contributed by atoms with Crippen LogP contribution in [0.1, 0.15) is 30.9 Å². The van der Waals surface area contributed by atoms with Crippen LogP contribution in [-0.4, -0.2) is 80.4 Å². The molecule has 2 aromatic rings. The van der Waals surface area contributed by atoms with Gasteiger partial charge in [0.15, 0.2) is 0 Å². The van der Waals surface area contributed by atoms with E-state index in [-0.39, 0.29) is 23.5 Å². The van der Waals surface area contributed by atoms with E-state index in [1.807, 2.05) is 0 Å². The molecule has 0 radical (unpaired) electrons. The van der Waals surface area contributed by atoms with Gasteiger partial charge in [0.1, 0.15) is 24.7 Å². The van der Waals surface area contributed by atoms with Gasteiger partial charge in [-0.1, -0.05) is 12.1 Å². The summed E-state index contributed by atoms with van der Waals surface area (Å²) in [5.41, 5.74) is 1.19. The van der Waals surface area contributed by atoms with Crippen LogP contribution < -0.4 is 9.47 Å². The molecule has 1 aromatic heterocycles. The molecule has 0 saturated carbocycles. The average molecular weight is 543 g/mol. The van der Waals surface area contributed by atoms with Crippen molar-refractivity contribution in [2.75, 3.05) is 26.2 Å². The van der Waals surface area contributed by atoms with Crippen LogP contribution in [0.4, 0.5) is 9.59 Å². The molecule has 2 aliphatic heterocycles. The first-order valence-electron chi connectivity index (χ1n) is 11.9. The number of benzene rings is 1. The first-order chi connectivity index (χ1) is 18.2. The van der Waals surface area contributed by atoms with Crippen LogP contribution in [0.3, 0.4) is 0 Å². The minimum atomic E-state index is -0.938. The molecule has 3 heterocycles. The van der Waals surface area contributed by atoms with Crippen molar-refractivity contribution in [2.24, 2.45) is 0 Å². The fourth-order valence-electron chi connectivity index (χ4n) is 3.87. The normalized spacial score (nSPS) is 17.2. The van der Waals surface area contributed by atoms with E-state index >= 15 is 0 Å². The number of hydrogen-bond donors (Lipinski definition) is 1. The zero-order chi connectivity index (χ0) is 27.2. The predicted octanol–water partition coefficient (Wildman–Crippen LogP) is 3.70.